The summed E-state index contributed by atoms with van der Waals surface area (Å²) in [5.41, 5.74) is 6.22. The van der Waals surface area contributed by atoms with Crippen LogP contribution in [0.3, 0.4) is 0 Å². The fraction of sp³-hybridized carbons (Fsp3) is 1.00. The van der Waals surface area contributed by atoms with E-state index in [0.29, 0.717) is 0 Å². The molecule has 1 N–H and O–H groups in total. The van der Waals surface area contributed by atoms with Crippen LogP contribution in [0.4, 0.5) is 0 Å². The molecule has 0 unspecified atom stereocenters. The van der Waals surface area contributed by atoms with Gasteiger partial charge in [-0.3, -0.25) is 0 Å². The quantitative estimate of drug-likeness (QED) is 0.294. The van der Waals surface area contributed by atoms with Crippen LogP contribution in [0.15, 0.2) is 141 Å². The molecule has 29 heavy (non-hydrogen) atoms. The lowest BCUT2D eigenvalue weighted by atomic mass is 11.6. The summed E-state index contributed by atoms with van der Waals surface area (Å²) in [4.78, 5) is 0. The third-order valence-electron chi connectivity index (χ3n) is 1.09. The van der Waals surface area contributed by atoms with E-state index in [2.05, 4.69) is 141 Å². The molecular formula is CH4N28. The maximum atomic E-state index is 6.22. The second-order valence-electron chi connectivity index (χ2n) is 2.54. The highest BCUT2D eigenvalue weighted by atomic mass is 15.7. The molecule has 0 aromatic carbocycles. The molecule has 0 radical (unpaired) electrons. The van der Waals surface area contributed by atoms with Gasteiger partial charge in [0, 0.05) is 52.2 Å². The minimum absolute atomic E-state index is 1.39. The molecule has 0 spiro atoms. The van der Waals surface area contributed by atoms with Gasteiger partial charge in [0.25, 0.3) is 0 Å². The van der Waals surface area contributed by atoms with Crippen molar-refractivity contribution in [2.75, 3.05) is 7.05 Å². The van der Waals surface area contributed by atoms with Crippen LogP contribution in [0.25, 0.3) is 0 Å². The number of rotatable bonds is 13. The molecule has 0 bridgehead atoms. The van der Waals surface area contributed by atoms with Crippen LogP contribution in [0.5, 0.6) is 0 Å². The van der Waals surface area contributed by atoms with E-state index in [9.17, 15) is 0 Å². The summed E-state index contributed by atoms with van der Waals surface area (Å²) in [6, 6.07) is 0. The van der Waals surface area contributed by atoms with E-state index in [4.69, 9.17) is 5.53 Å². The van der Waals surface area contributed by atoms with Gasteiger partial charge in [-0.1, -0.05) is 0 Å². The topological polar surface area (TPSA) is 358 Å². The summed E-state index contributed by atoms with van der Waals surface area (Å²) in [7, 11) is 1.39. The van der Waals surface area contributed by atoms with Crippen molar-refractivity contribution in [1.29, 1.82) is 5.53 Å². The zero-order valence-electron chi connectivity index (χ0n) is 13.6. The van der Waals surface area contributed by atoms with E-state index in [1.165, 1.54) is 7.05 Å². The number of nitrogens with one attached hydrogen (secondary N) is 1. The smallest absolute Gasteiger partial charge is 0.0510 e. The van der Waals surface area contributed by atoms with Crippen LogP contribution >= 0.6 is 0 Å². The zero-order chi connectivity index (χ0) is 21.1. The van der Waals surface area contributed by atoms with Gasteiger partial charge in [0.1, 0.15) is 0 Å². The maximum absolute atomic E-state index is 6.22. The Hall–Kier alpha value is -5.60. The van der Waals surface area contributed by atoms with Crippen LogP contribution in [0, 0.1) is 5.53 Å². The molecule has 0 aliphatic carbocycles. The summed E-state index contributed by atoms with van der Waals surface area (Å²) < 4.78 is 0. The fourth-order valence-corrected chi connectivity index (χ4v) is 0.471. The van der Waals surface area contributed by atoms with E-state index in [1.54, 1.807) is 0 Å². The highest BCUT2D eigenvalue weighted by Gasteiger charge is 1.72. The van der Waals surface area contributed by atoms with E-state index in [-0.39, 0.29) is 0 Å². The summed E-state index contributed by atoms with van der Waals surface area (Å²) in [5.74, 6) is 0. The van der Waals surface area contributed by atoms with Crippen molar-refractivity contribution in [2.45, 2.75) is 0 Å². The molecule has 0 rings (SSSR count). The Bertz CT molecular complexity index is 780. The molecule has 0 heterocycles. The molecule has 0 amide bonds. The highest BCUT2D eigenvalue weighted by molar-refractivity contribution is 4.15. The molecule has 0 aliphatic rings. The zero-order valence-corrected chi connectivity index (χ0v) is 13.6. The number of hydrogen-bond donors (Lipinski definition) is 1. The molecule has 0 atom stereocenters. The Labute approximate surface area is 154 Å². The lowest BCUT2D eigenvalue weighted by Gasteiger charge is -1.70. The molecule has 0 saturated heterocycles. The first-order valence-corrected chi connectivity index (χ1v) is 5.87. The van der Waals surface area contributed by atoms with Gasteiger partial charge in [-0.25, -0.2) is 0 Å². The molecule has 28 heteroatoms. The van der Waals surface area contributed by atoms with Crippen LogP contribution in [0.2, 0.25) is 0 Å². The molecular weight excluding hydrogens is 404 g/mol. The van der Waals surface area contributed by atoms with Crippen LogP contribution in [0.1, 0.15) is 0 Å². The third-order valence-corrected chi connectivity index (χ3v) is 1.09. The van der Waals surface area contributed by atoms with Gasteiger partial charge in [0.15, 0.2) is 0 Å². The molecule has 0 fully saturated rings. The van der Waals surface area contributed by atoms with Gasteiger partial charge in [0.2, 0.25) is 0 Å². The predicted molar refractivity (Wildman–Crippen MR) is 74.2 cm³/mol. The molecule has 148 valence electrons. The average molecular weight is 408 g/mol. The Morgan fingerprint density at radius 2 is 0.448 bits per heavy atom. The minimum Gasteiger partial charge on any atom is -0.183 e. The summed E-state index contributed by atoms with van der Waals surface area (Å²) in [6.45, 7) is 0. The Morgan fingerprint density at radius 3 is 0.621 bits per heavy atom. The van der Waals surface area contributed by atoms with Gasteiger partial charge < -0.3 is 0 Å². The largest absolute Gasteiger partial charge is 0.183 e. The normalized spacial score (nSPS) is 14.8. The minimum atomic E-state index is 1.39. The van der Waals surface area contributed by atoms with Crippen molar-refractivity contribution in [1.82, 2.24) is 0 Å². The summed E-state index contributed by atoms with van der Waals surface area (Å²) in [5, 5.41) is 80.4. The SMILES string of the molecule is CN=NN=NN=NN=NN=NN=NN=NN=NN=NN=NN=NN=NN=NN=N. The average Bonchev–Trinajstić information content (AvgIpc) is 2.74. The molecule has 0 saturated carbocycles. The summed E-state index contributed by atoms with van der Waals surface area (Å²) in [6.07, 6.45) is 0. The van der Waals surface area contributed by atoms with Crippen LogP contribution in [-0.2, 0) is 0 Å². The molecule has 28 nitrogen and oxygen atoms in total. The highest BCUT2D eigenvalue weighted by Crippen LogP contribution is 1.90. The van der Waals surface area contributed by atoms with Gasteiger partial charge in [-0.15, -0.1) is 0 Å². The van der Waals surface area contributed by atoms with E-state index >= 15 is 0 Å². The Balaban J connectivity index is 3.96. The number of hydrogen-bond acceptors (Lipinski definition) is 2. The third kappa shape index (κ3) is 22.4. The van der Waals surface area contributed by atoms with Gasteiger partial charge in [0.05, 0.1) is 7.05 Å². The Kier molecular flexibility index (Phi) is 18.1. The van der Waals surface area contributed by atoms with E-state index in [0.717, 1.165) is 0 Å². The lowest BCUT2D eigenvalue weighted by Crippen LogP contribution is -1.51. The van der Waals surface area contributed by atoms with Gasteiger partial charge in [-0.2, -0.15) is 10.6 Å². The van der Waals surface area contributed by atoms with Crippen LogP contribution < -0.4 is 0 Å². The van der Waals surface area contributed by atoms with E-state index < -0.39 is 0 Å². The fourth-order valence-electron chi connectivity index (χ4n) is 0.471. The van der Waals surface area contributed by atoms with Crippen molar-refractivity contribution in [3.05, 3.63) is 0 Å². The van der Waals surface area contributed by atoms with Crippen molar-refractivity contribution in [3.63, 3.8) is 0 Å². The molecule has 0 aromatic rings. The van der Waals surface area contributed by atoms with Gasteiger partial charge in [-0.05, 0) is 83.6 Å². The predicted octanol–water partition coefficient (Wildman–Crippen LogP) is 5.42. The maximum Gasteiger partial charge on any atom is 0.0510 e. The first-order valence-electron chi connectivity index (χ1n) is 5.87. The van der Waals surface area contributed by atoms with Crippen molar-refractivity contribution >= 4 is 0 Å². The monoisotopic (exact) mass is 408 g/mol. The Morgan fingerprint density at radius 1 is 0.276 bits per heavy atom. The van der Waals surface area contributed by atoms with Crippen molar-refractivity contribution in [2.24, 2.45) is 141 Å². The van der Waals surface area contributed by atoms with Crippen molar-refractivity contribution < 1.29 is 0 Å². The standard InChI is InChI=1S/CH4N28/c1-3-5-7-9-11-13-15-17-19-21-23-25-27-29-28-26-24-22-20-18-16-14-12-10-8-6-4-2/h2H,1H3. The molecule has 0 aliphatic heterocycles. The second-order valence-corrected chi connectivity index (χ2v) is 2.54. The van der Waals surface area contributed by atoms with Crippen LogP contribution in [-0.4, -0.2) is 7.05 Å². The van der Waals surface area contributed by atoms with Crippen molar-refractivity contribution in [3.8, 4) is 0 Å². The molecule has 0 aromatic heterocycles. The second kappa shape index (κ2) is 22.4. The number of nitrogens with zero attached hydrogens (tertiary/aromatic N) is 27. The first-order chi connectivity index (χ1) is 14.4. The van der Waals surface area contributed by atoms with Gasteiger partial charge >= 0.3 is 0 Å². The van der Waals surface area contributed by atoms with E-state index in [1.807, 2.05) is 0 Å². The lowest BCUT2D eigenvalue weighted by molar-refractivity contribution is 0.730. The first kappa shape index (κ1) is 23.4. The summed E-state index contributed by atoms with van der Waals surface area (Å²) >= 11 is 0.